The summed E-state index contributed by atoms with van der Waals surface area (Å²) in [5.41, 5.74) is 7.87. The van der Waals surface area contributed by atoms with E-state index < -0.39 is 0 Å². The van der Waals surface area contributed by atoms with Gasteiger partial charge in [0.2, 0.25) is 0 Å². The summed E-state index contributed by atoms with van der Waals surface area (Å²) < 4.78 is 22.6. The SMILES string of the molecule is COc1cccc(OC)c1-c1cccc(-c2cc(-c3ccccc3)cc(-c3cccc(-c4c(OC)cccc4OC)n3)n2)n1. The second-order valence-electron chi connectivity index (χ2n) is 9.88. The average Bonchev–Trinajstić information content (AvgIpc) is 3.11. The van der Waals surface area contributed by atoms with Crippen LogP contribution in [0.5, 0.6) is 23.0 Å². The zero-order chi connectivity index (χ0) is 30.5. The standard InChI is InChI=1S/C37H31N3O4/c1-41-32-18-10-19-33(42-2)36(32)28-16-8-14-26(38-28)30-22-25(24-12-6-5-7-13-24)23-31(40-30)27-15-9-17-29(39-27)37-34(43-3)20-11-21-35(37)44-4/h5-23H,1-4H3. The smallest absolute Gasteiger partial charge is 0.132 e. The Morgan fingerprint density at radius 2 is 0.705 bits per heavy atom. The van der Waals surface area contributed by atoms with Gasteiger partial charge in [-0.05, 0) is 71.8 Å². The number of pyridine rings is 3. The molecule has 6 rings (SSSR count). The van der Waals surface area contributed by atoms with Crippen LogP contribution in [0, 0.1) is 0 Å². The quantitative estimate of drug-likeness (QED) is 0.170. The molecule has 0 saturated carbocycles. The topological polar surface area (TPSA) is 75.6 Å². The molecule has 0 atom stereocenters. The highest BCUT2D eigenvalue weighted by molar-refractivity contribution is 5.80. The van der Waals surface area contributed by atoms with Gasteiger partial charge in [-0.1, -0.05) is 54.6 Å². The number of hydrogen-bond donors (Lipinski definition) is 0. The molecule has 3 aromatic carbocycles. The van der Waals surface area contributed by atoms with Gasteiger partial charge in [-0.3, -0.25) is 0 Å². The minimum atomic E-state index is 0.675. The molecule has 0 aliphatic heterocycles. The molecule has 0 aliphatic rings. The average molecular weight is 582 g/mol. The molecule has 0 unspecified atom stereocenters. The third-order valence-corrected chi connectivity index (χ3v) is 7.32. The highest BCUT2D eigenvalue weighted by Gasteiger charge is 2.18. The van der Waals surface area contributed by atoms with E-state index in [0.29, 0.717) is 57.2 Å². The molecule has 0 saturated heterocycles. The molecule has 3 heterocycles. The molecule has 218 valence electrons. The van der Waals surface area contributed by atoms with Crippen LogP contribution in [0.3, 0.4) is 0 Å². The van der Waals surface area contributed by atoms with Crippen LogP contribution >= 0.6 is 0 Å². The van der Waals surface area contributed by atoms with Gasteiger partial charge in [0.05, 0.1) is 73.7 Å². The van der Waals surface area contributed by atoms with Crippen LogP contribution in [-0.2, 0) is 0 Å². The number of hydrogen-bond acceptors (Lipinski definition) is 7. The van der Waals surface area contributed by atoms with Crippen molar-refractivity contribution in [3.05, 3.63) is 115 Å². The van der Waals surface area contributed by atoms with Crippen molar-refractivity contribution in [1.82, 2.24) is 15.0 Å². The first-order chi connectivity index (χ1) is 21.6. The van der Waals surface area contributed by atoms with E-state index in [4.69, 9.17) is 33.9 Å². The highest BCUT2D eigenvalue weighted by atomic mass is 16.5. The van der Waals surface area contributed by atoms with E-state index in [-0.39, 0.29) is 0 Å². The van der Waals surface area contributed by atoms with Crippen LogP contribution in [-0.4, -0.2) is 43.4 Å². The van der Waals surface area contributed by atoms with Gasteiger partial charge in [0.15, 0.2) is 0 Å². The van der Waals surface area contributed by atoms with Crippen molar-refractivity contribution in [2.45, 2.75) is 0 Å². The van der Waals surface area contributed by atoms with Gasteiger partial charge in [-0.25, -0.2) is 15.0 Å². The maximum Gasteiger partial charge on any atom is 0.132 e. The zero-order valence-corrected chi connectivity index (χ0v) is 24.9. The van der Waals surface area contributed by atoms with E-state index in [0.717, 1.165) is 22.3 Å². The first kappa shape index (κ1) is 28.4. The molecule has 0 fully saturated rings. The lowest BCUT2D eigenvalue weighted by Gasteiger charge is -2.15. The van der Waals surface area contributed by atoms with Crippen molar-refractivity contribution < 1.29 is 18.9 Å². The van der Waals surface area contributed by atoms with Crippen molar-refractivity contribution in [1.29, 1.82) is 0 Å². The van der Waals surface area contributed by atoms with E-state index in [1.54, 1.807) is 28.4 Å². The molecule has 0 N–H and O–H groups in total. The second-order valence-corrected chi connectivity index (χ2v) is 9.88. The van der Waals surface area contributed by atoms with E-state index in [1.807, 2.05) is 91.0 Å². The summed E-state index contributed by atoms with van der Waals surface area (Å²) in [5.74, 6) is 2.70. The summed E-state index contributed by atoms with van der Waals surface area (Å²) in [5, 5.41) is 0. The van der Waals surface area contributed by atoms with Crippen molar-refractivity contribution in [2.24, 2.45) is 0 Å². The Morgan fingerprint density at radius 1 is 0.341 bits per heavy atom. The highest BCUT2D eigenvalue weighted by Crippen LogP contribution is 2.40. The number of rotatable bonds is 9. The molecule has 44 heavy (non-hydrogen) atoms. The van der Waals surface area contributed by atoms with Gasteiger partial charge < -0.3 is 18.9 Å². The molecular weight excluding hydrogens is 550 g/mol. The lowest BCUT2D eigenvalue weighted by atomic mass is 10.0. The Labute approximate surface area is 256 Å². The first-order valence-corrected chi connectivity index (χ1v) is 14.1. The predicted molar refractivity (Wildman–Crippen MR) is 173 cm³/mol. The summed E-state index contributed by atoms with van der Waals surface area (Å²) in [6, 6.07) is 37.4. The second kappa shape index (κ2) is 12.7. The molecule has 3 aromatic heterocycles. The molecule has 0 bridgehead atoms. The van der Waals surface area contributed by atoms with Crippen LogP contribution in [0.2, 0.25) is 0 Å². The number of aromatic nitrogens is 3. The lowest BCUT2D eigenvalue weighted by Crippen LogP contribution is -1.98. The minimum absolute atomic E-state index is 0.675. The predicted octanol–water partition coefficient (Wildman–Crippen LogP) is 8.24. The van der Waals surface area contributed by atoms with E-state index in [1.165, 1.54) is 0 Å². The third kappa shape index (κ3) is 5.55. The fourth-order valence-electron chi connectivity index (χ4n) is 5.23. The van der Waals surface area contributed by atoms with Gasteiger partial charge in [0.1, 0.15) is 23.0 Å². The summed E-state index contributed by atoms with van der Waals surface area (Å²) in [4.78, 5) is 15.2. The Bertz CT molecular complexity index is 1760. The van der Waals surface area contributed by atoms with Crippen LogP contribution in [0.25, 0.3) is 56.4 Å². The summed E-state index contributed by atoms with van der Waals surface area (Å²) in [7, 11) is 6.56. The maximum absolute atomic E-state index is 5.66. The number of methoxy groups -OCH3 is 4. The largest absolute Gasteiger partial charge is 0.496 e. The summed E-state index contributed by atoms with van der Waals surface area (Å²) >= 11 is 0. The fraction of sp³-hybridized carbons (Fsp3) is 0.108. The molecule has 0 radical (unpaired) electrons. The maximum atomic E-state index is 5.66. The molecular formula is C37H31N3O4. The van der Waals surface area contributed by atoms with Crippen LogP contribution in [0.15, 0.2) is 115 Å². The Kier molecular flexibility index (Phi) is 8.19. The Hall–Kier alpha value is -5.69. The number of nitrogens with zero attached hydrogens (tertiary/aromatic N) is 3. The van der Waals surface area contributed by atoms with Crippen molar-refractivity contribution in [3.8, 4) is 79.4 Å². The molecule has 7 nitrogen and oxygen atoms in total. The van der Waals surface area contributed by atoms with Crippen molar-refractivity contribution >= 4 is 0 Å². The van der Waals surface area contributed by atoms with Crippen LogP contribution < -0.4 is 18.9 Å². The summed E-state index contributed by atoms with van der Waals surface area (Å²) in [6.07, 6.45) is 0. The van der Waals surface area contributed by atoms with Gasteiger partial charge in [0, 0.05) is 0 Å². The van der Waals surface area contributed by atoms with Gasteiger partial charge in [0.25, 0.3) is 0 Å². The Balaban J connectivity index is 1.52. The molecule has 0 aliphatic carbocycles. The zero-order valence-electron chi connectivity index (χ0n) is 24.9. The molecule has 7 heteroatoms. The Morgan fingerprint density at radius 3 is 1.11 bits per heavy atom. The van der Waals surface area contributed by atoms with Crippen molar-refractivity contribution in [3.63, 3.8) is 0 Å². The number of ether oxygens (including phenoxy) is 4. The summed E-state index contributed by atoms with van der Waals surface area (Å²) in [6.45, 7) is 0. The van der Waals surface area contributed by atoms with Gasteiger partial charge in [-0.2, -0.15) is 0 Å². The molecule has 6 aromatic rings. The normalized spacial score (nSPS) is 10.7. The van der Waals surface area contributed by atoms with Crippen molar-refractivity contribution in [2.75, 3.05) is 28.4 Å². The minimum Gasteiger partial charge on any atom is -0.496 e. The third-order valence-electron chi connectivity index (χ3n) is 7.32. The molecule has 0 spiro atoms. The van der Waals surface area contributed by atoms with E-state index in [2.05, 4.69) is 24.3 Å². The van der Waals surface area contributed by atoms with E-state index in [9.17, 15) is 0 Å². The molecule has 0 amide bonds. The number of benzene rings is 3. The first-order valence-electron chi connectivity index (χ1n) is 14.1. The lowest BCUT2D eigenvalue weighted by molar-refractivity contribution is 0.397. The van der Waals surface area contributed by atoms with Crippen LogP contribution in [0.1, 0.15) is 0 Å². The monoisotopic (exact) mass is 581 g/mol. The van der Waals surface area contributed by atoms with Gasteiger partial charge >= 0.3 is 0 Å². The van der Waals surface area contributed by atoms with E-state index >= 15 is 0 Å². The van der Waals surface area contributed by atoms with Gasteiger partial charge in [-0.15, -0.1) is 0 Å². The van der Waals surface area contributed by atoms with Crippen LogP contribution in [0.4, 0.5) is 0 Å². The fourth-order valence-corrected chi connectivity index (χ4v) is 5.23.